The molecule has 1 unspecified atom stereocenters. The van der Waals surface area contributed by atoms with E-state index in [9.17, 15) is 10.2 Å². The van der Waals surface area contributed by atoms with E-state index < -0.39 is 6.10 Å². The van der Waals surface area contributed by atoms with E-state index in [0.717, 1.165) is 63.0 Å². The van der Waals surface area contributed by atoms with E-state index in [4.69, 9.17) is 4.74 Å². The van der Waals surface area contributed by atoms with Crippen molar-refractivity contribution in [3.63, 3.8) is 0 Å². The molecule has 0 amide bonds. The first kappa shape index (κ1) is 24.4. The molecule has 0 saturated heterocycles. The van der Waals surface area contributed by atoms with Gasteiger partial charge in [0.05, 0.1) is 6.10 Å². The average molecular weight is 414 g/mol. The minimum Gasteiger partial charge on any atom is -0.508 e. The number of phenolic OH excluding ortho intramolecular Hbond substituents is 1. The summed E-state index contributed by atoms with van der Waals surface area (Å²) in [6, 6.07) is 16.0. The Kier molecular flexibility index (Phi) is 12.2. The molecular weight excluding hydrogens is 374 g/mol. The molecule has 0 aromatic heterocycles. The summed E-state index contributed by atoms with van der Waals surface area (Å²) in [5.74, 6) is 0.303. The van der Waals surface area contributed by atoms with Gasteiger partial charge in [-0.05, 0) is 73.9 Å². The number of unbranched alkanes of at least 4 members (excludes halogenated alkanes) is 4. The lowest BCUT2D eigenvalue weighted by molar-refractivity contribution is 0.126. The second-order valence-corrected chi connectivity index (χ2v) is 7.93. The molecule has 1 atom stereocenters. The molecule has 0 fully saturated rings. The van der Waals surface area contributed by atoms with Crippen LogP contribution >= 0.6 is 0 Å². The van der Waals surface area contributed by atoms with Gasteiger partial charge in [0.25, 0.3) is 0 Å². The second-order valence-electron chi connectivity index (χ2n) is 7.93. The van der Waals surface area contributed by atoms with Gasteiger partial charge < -0.3 is 20.3 Å². The van der Waals surface area contributed by atoms with Gasteiger partial charge in [0, 0.05) is 19.8 Å². The lowest BCUT2D eigenvalue weighted by Gasteiger charge is -2.14. The number of phenols is 1. The molecule has 166 valence electrons. The quantitative estimate of drug-likeness (QED) is 0.332. The molecule has 3 N–H and O–H groups in total. The van der Waals surface area contributed by atoms with E-state index in [1.54, 1.807) is 12.1 Å². The summed E-state index contributed by atoms with van der Waals surface area (Å²) < 4.78 is 5.74. The predicted octanol–water partition coefficient (Wildman–Crippen LogP) is 5.18. The van der Waals surface area contributed by atoms with Gasteiger partial charge in [-0.3, -0.25) is 0 Å². The van der Waals surface area contributed by atoms with Crippen molar-refractivity contribution < 1.29 is 14.9 Å². The fourth-order valence-corrected chi connectivity index (χ4v) is 3.54. The fourth-order valence-electron chi connectivity index (χ4n) is 3.54. The summed E-state index contributed by atoms with van der Waals surface area (Å²) in [4.78, 5) is 0. The number of aliphatic hydroxyl groups excluding tert-OH is 1. The molecule has 2 aromatic rings. The Bertz CT molecular complexity index is 690. The zero-order chi connectivity index (χ0) is 21.4. The zero-order valence-corrected chi connectivity index (χ0v) is 18.5. The molecule has 30 heavy (non-hydrogen) atoms. The summed E-state index contributed by atoms with van der Waals surface area (Å²) in [5.41, 5.74) is 3.15. The van der Waals surface area contributed by atoms with Crippen LogP contribution in [0, 0.1) is 0 Å². The van der Waals surface area contributed by atoms with Crippen molar-refractivity contribution in [3.8, 4) is 5.75 Å². The maximum absolute atomic E-state index is 10.3. The van der Waals surface area contributed by atoms with Crippen molar-refractivity contribution in [2.24, 2.45) is 0 Å². The van der Waals surface area contributed by atoms with Crippen LogP contribution in [0.2, 0.25) is 0 Å². The largest absolute Gasteiger partial charge is 0.508 e. The zero-order valence-electron chi connectivity index (χ0n) is 18.5. The van der Waals surface area contributed by atoms with Crippen LogP contribution in [-0.2, 0) is 17.6 Å². The highest BCUT2D eigenvalue weighted by Gasteiger charge is 2.09. The molecule has 0 spiro atoms. The lowest BCUT2D eigenvalue weighted by Crippen LogP contribution is -2.22. The van der Waals surface area contributed by atoms with Gasteiger partial charge in [-0.15, -0.1) is 0 Å². The van der Waals surface area contributed by atoms with Gasteiger partial charge in [-0.1, -0.05) is 56.2 Å². The highest BCUT2D eigenvalue weighted by Crippen LogP contribution is 2.22. The van der Waals surface area contributed by atoms with Crippen molar-refractivity contribution in [2.45, 2.75) is 64.4 Å². The number of rotatable bonds is 16. The van der Waals surface area contributed by atoms with Crippen LogP contribution in [0.4, 0.5) is 0 Å². The summed E-state index contributed by atoms with van der Waals surface area (Å²) >= 11 is 0. The van der Waals surface area contributed by atoms with E-state index in [1.807, 2.05) is 13.0 Å². The minimum absolute atomic E-state index is 0.303. The molecule has 0 aliphatic rings. The van der Waals surface area contributed by atoms with Gasteiger partial charge in [-0.25, -0.2) is 0 Å². The lowest BCUT2D eigenvalue weighted by atomic mass is 10.0. The number of benzene rings is 2. The number of nitrogens with one attached hydrogen (secondary N) is 1. The minimum atomic E-state index is -0.536. The molecule has 4 heteroatoms. The monoisotopic (exact) mass is 413 g/mol. The Labute approximate surface area is 182 Å². The van der Waals surface area contributed by atoms with Gasteiger partial charge in [-0.2, -0.15) is 0 Å². The maximum Gasteiger partial charge on any atom is 0.118 e. The standard InChI is InChI=1S/C26H39NO3/c1-2-23-20-24(15-16-25(23)28)26(29)21-27-17-9-3-4-10-18-30-19-11-8-14-22-12-6-5-7-13-22/h5-7,12-13,15-16,20,26-29H,2-4,8-11,14,17-19,21H2,1H3. The topological polar surface area (TPSA) is 61.7 Å². The van der Waals surface area contributed by atoms with Crippen LogP contribution in [0.1, 0.15) is 68.2 Å². The number of ether oxygens (including phenoxy) is 1. The third-order valence-corrected chi connectivity index (χ3v) is 5.45. The smallest absolute Gasteiger partial charge is 0.118 e. The van der Waals surface area contributed by atoms with Crippen molar-refractivity contribution >= 4 is 0 Å². The van der Waals surface area contributed by atoms with Crippen LogP contribution in [0.15, 0.2) is 48.5 Å². The molecule has 4 nitrogen and oxygen atoms in total. The van der Waals surface area contributed by atoms with E-state index in [1.165, 1.54) is 24.8 Å². The van der Waals surface area contributed by atoms with Crippen molar-refractivity contribution in [1.29, 1.82) is 0 Å². The number of aryl methyl sites for hydroxylation is 2. The van der Waals surface area contributed by atoms with Gasteiger partial charge in [0.1, 0.15) is 5.75 Å². The molecule has 0 radical (unpaired) electrons. The number of aromatic hydroxyl groups is 1. The molecule has 0 heterocycles. The number of hydrogen-bond acceptors (Lipinski definition) is 4. The molecular formula is C26H39NO3. The molecule has 0 aliphatic carbocycles. The molecule has 2 aromatic carbocycles. The highest BCUT2D eigenvalue weighted by atomic mass is 16.5. The van der Waals surface area contributed by atoms with Gasteiger partial charge in [0.15, 0.2) is 0 Å². The summed E-state index contributed by atoms with van der Waals surface area (Å²) in [5, 5.41) is 23.4. The first-order chi connectivity index (χ1) is 14.7. The van der Waals surface area contributed by atoms with Gasteiger partial charge in [0.2, 0.25) is 0 Å². The summed E-state index contributed by atoms with van der Waals surface area (Å²) in [6.45, 7) is 5.18. The van der Waals surface area contributed by atoms with Crippen LogP contribution < -0.4 is 5.32 Å². The van der Waals surface area contributed by atoms with Crippen molar-refractivity contribution in [3.05, 3.63) is 65.2 Å². The normalized spacial score (nSPS) is 12.2. The first-order valence-corrected chi connectivity index (χ1v) is 11.5. The Morgan fingerprint density at radius 3 is 2.40 bits per heavy atom. The van der Waals surface area contributed by atoms with Gasteiger partial charge >= 0.3 is 0 Å². The van der Waals surface area contributed by atoms with E-state index in [0.29, 0.717) is 12.3 Å². The number of aliphatic hydroxyl groups is 1. The van der Waals surface area contributed by atoms with E-state index in [2.05, 4.69) is 35.6 Å². The average Bonchev–Trinajstić information content (AvgIpc) is 2.77. The van der Waals surface area contributed by atoms with Crippen LogP contribution in [0.25, 0.3) is 0 Å². The highest BCUT2D eigenvalue weighted by molar-refractivity contribution is 5.37. The SMILES string of the molecule is CCc1cc(C(O)CNCCCCCCOCCCCc2ccccc2)ccc1O. The van der Waals surface area contributed by atoms with Crippen LogP contribution in [0.3, 0.4) is 0 Å². The fraction of sp³-hybridized carbons (Fsp3) is 0.538. The first-order valence-electron chi connectivity index (χ1n) is 11.5. The Hall–Kier alpha value is -1.88. The molecule has 0 aliphatic heterocycles. The summed E-state index contributed by atoms with van der Waals surface area (Å²) in [6.07, 6.45) is 8.27. The van der Waals surface area contributed by atoms with Crippen LogP contribution in [-0.4, -0.2) is 36.5 Å². The van der Waals surface area contributed by atoms with Crippen molar-refractivity contribution in [2.75, 3.05) is 26.3 Å². The molecule has 0 bridgehead atoms. The van der Waals surface area contributed by atoms with E-state index in [-0.39, 0.29) is 0 Å². The Morgan fingerprint density at radius 1 is 0.900 bits per heavy atom. The predicted molar refractivity (Wildman–Crippen MR) is 124 cm³/mol. The second kappa shape index (κ2) is 15.0. The number of hydrogen-bond donors (Lipinski definition) is 3. The van der Waals surface area contributed by atoms with Crippen molar-refractivity contribution in [1.82, 2.24) is 5.32 Å². The Balaban J connectivity index is 1.39. The molecule has 2 rings (SSSR count). The third-order valence-electron chi connectivity index (χ3n) is 5.45. The maximum atomic E-state index is 10.3. The molecule has 0 saturated carbocycles. The third kappa shape index (κ3) is 9.75. The van der Waals surface area contributed by atoms with Crippen LogP contribution in [0.5, 0.6) is 5.75 Å². The summed E-state index contributed by atoms with van der Waals surface area (Å²) in [7, 11) is 0. The Morgan fingerprint density at radius 2 is 1.63 bits per heavy atom. The van der Waals surface area contributed by atoms with E-state index >= 15 is 0 Å².